The molecule has 1 N–H and O–H groups in total. The summed E-state index contributed by atoms with van der Waals surface area (Å²) in [5, 5.41) is 14.1. The van der Waals surface area contributed by atoms with Gasteiger partial charge in [-0.3, -0.25) is 19.5 Å². The first-order chi connectivity index (χ1) is 14.6. The van der Waals surface area contributed by atoms with Crippen molar-refractivity contribution in [2.75, 3.05) is 11.9 Å². The van der Waals surface area contributed by atoms with Gasteiger partial charge < -0.3 is 10.1 Å². The van der Waals surface area contributed by atoms with Crippen molar-refractivity contribution in [1.29, 1.82) is 0 Å². The van der Waals surface area contributed by atoms with Crippen molar-refractivity contribution in [2.45, 2.75) is 38.0 Å². The Hall–Kier alpha value is -3.40. The monoisotopic (exact) mass is 408 g/mol. The van der Waals surface area contributed by atoms with E-state index in [0.29, 0.717) is 41.3 Å². The Kier molecular flexibility index (Phi) is 4.62. The fraction of sp³-hybridized carbons (Fsp3) is 0.400. The number of anilines is 1. The molecule has 5 rings (SSSR count). The number of carbonyl (C=O) groups is 1. The van der Waals surface area contributed by atoms with Crippen LogP contribution in [0.25, 0.3) is 11.2 Å². The number of ether oxygens (including phenoxy) is 1. The summed E-state index contributed by atoms with van der Waals surface area (Å²) >= 11 is 0. The molecule has 30 heavy (non-hydrogen) atoms. The van der Waals surface area contributed by atoms with Gasteiger partial charge in [-0.1, -0.05) is 0 Å². The second kappa shape index (κ2) is 7.45. The number of aromatic nitrogens is 4. The number of nitro benzene ring substituents is 1. The lowest BCUT2D eigenvalue weighted by Crippen LogP contribution is -2.21. The molecule has 0 unspecified atom stereocenters. The lowest BCUT2D eigenvalue weighted by molar-refractivity contribution is -0.384. The fourth-order valence-corrected chi connectivity index (χ4v) is 3.71. The summed E-state index contributed by atoms with van der Waals surface area (Å²) in [5.74, 6) is 1.24. The average Bonchev–Trinajstić information content (AvgIpc) is 3.28. The molecule has 0 radical (unpaired) electrons. The number of hydrogen-bond acceptors (Lipinski definition) is 8. The summed E-state index contributed by atoms with van der Waals surface area (Å²) < 4.78 is 7.85. The van der Waals surface area contributed by atoms with Gasteiger partial charge in [0.05, 0.1) is 11.3 Å². The average molecular weight is 408 g/mol. The van der Waals surface area contributed by atoms with E-state index in [-0.39, 0.29) is 17.7 Å². The van der Waals surface area contributed by atoms with Crippen LogP contribution in [0.4, 0.5) is 11.5 Å². The minimum absolute atomic E-state index is 0.0487. The molecule has 1 saturated carbocycles. The molecule has 2 aromatic heterocycles. The molecule has 2 fully saturated rings. The zero-order valence-corrected chi connectivity index (χ0v) is 16.1. The number of nitrogens with zero attached hydrogens (tertiary/aromatic N) is 5. The van der Waals surface area contributed by atoms with Gasteiger partial charge in [0.2, 0.25) is 0 Å². The van der Waals surface area contributed by atoms with Crippen LogP contribution in [0, 0.1) is 16.0 Å². The largest absolute Gasteiger partial charge is 0.368 e. The number of carbonyl (C=O) groups excluding carboxylic acids is 1. The minimum atomic E-state index is -0.608. The quantitative estimate of drug-likeness (QED) is 0.359. The molecule has 1 aliphatic heterocycles. The molecular formula is C20H20N6O4. The second-order valence-corrected chi connectivity index (χ2v) is 7.70. The van der Waals surface area contributed by atoms with Crippen molar-refractivity contribution >= 4 is 28.5 Å². The first-order valence-corrected chi connectivity index (χ1v) is 9.95. The van der Waals surface area contributed by atoms with E-state index in [1.54, 1.807) is 6.33 Å². The Morgan fingerprint density at radius 1 is 1.17 bits per heavy atom. The maximum atomic E-state index is 12.8. The highest BCUT2D eigenvalue weighted by Gasteiger charge is 2.33. The van der Waals surface area contributed by atoms with Crippen molar-refractivity contribution in [3.05, 3.63) is 52.6 Å². The SMILES string of the molecule is O=C(c1ccc([N+](=O)[O-])cc1)[C@@H]1CC[C@H](n2cnc3c(NCC4CC4)ncnc32)O1. The molecule has 2 atom stereocenters. The predicted molar refractivity (Wildman–Crippen MR) is 107 cm³/mol. The van der Waals surface area contributed by atoms with Gasteiger partial charge in [0, 0.05) is 24.2 Å². The van der Waals surface area contributed by atoms with Crippen molar-refractivity contribution in [3.8, 4) is 0 Å². The van der Waals surface area contributed by atoms with Crippen LogP contribution in [-0.2, 0) is 4.74 Å². The lowest BCUT2D eigenvalue weighted by Gasteiger charge is -2.15. The fourth-order valence-electron chi connectivity index (χ4n) is 3.71. The highest BCUT2D eigenvalue weighted by molar-refractivity contribution is 5.99. The van der Waals surface area contributed by atoms with Crippen LogP contribution in [0.5, 0.6) is 0 Å². The molecule has 1 aromatic carbocycles. The van der Waals surface area contributed by atoms with Crippen molar-refractivity contribution in [3.63, 3.8) is 0 Å². The number of imidazole rings is 1. The summed E-state index contributed by atoms with van der Waals surface area (Å²) in [5.41, 5.74) is 1.70. The number of benzene rings is 1. The lowest BCUT2D eigenvalue weighted by atomic mass is 10.0. The van der Waals surface area contributed by atoms with Crippen LogP contribution in [0.2, 0.25) is 0 Å². The smallest absolute Gasteiger partial charge is 0.269 e. The van der Waals surface area contributed by atoms with E-state index in [2.05, 4.69) is 20.3 Å². The number of rotatable bonds is 7. The summed E-state index contributed by atoms with van der Waals surface area (Å²) in [6.45, 7) is 0.880. The molecular weight excluding hydrogens is 388 g/mol. The van der Waals surface area contributed by atoms with Crippen molar-refractivity contribution in [1.82, 2.24) is 19.5 Å². The first-order valence-electron chi connectivity index (χ1n) is 9.95. The van der Waals surface area contributed by atoms with Gasteiger partial charge in [-0.15, -0.1) is 0 Å². The van der Waals surface area contributed by atoms with Crippen LogP contribution >= 0.6 is 0 Å². The highest BCUT2D eigenvalue weighted by Crippen LogP contribution is 2.33. The van der Waals surface area contributed by atoms with Gasteiger partial charge in [-0.2, -0.15) is 0 Å². The molecule has 3 heterocycles. The van der Waals surface area contributed by atoms with Gasteiger partial charge >= 0.3 is 0 Å². The molecule has 2 aliphatic rings. The predicted octanol–water partition coefficient (Wildman–Crippen LogP) is 3.12. The molecule has 10 heteroatoms. The van der Waals surface area contributed by atoms with Gasteiger partial charge in [0.25, 0.3) is 5.69 Å². The Morgan fingerprint density at radius 2 is 1.97 bits per heavy atom. The number of nitro groups is 1. The topological polar surface area (TPSA) is 125 Å². The van der Waals surface area contributed by atoms with Crippen LogP contribution in [0.15, 0.2) is 36.9 Å². The van der Waals surface area contributed by atoms with Gasteiger partial charge in [-0.05, 0) is 43.7 Å². The summed E-state index contributed by atoms with van der Waals surface area (Å²) in [6.07, 6.45) is 5.90. The van der Waals surface area contributed by atoms with Gasteiger partial charge in [-0.25, -0.2) is 15.0 Å². The number of hydrogen-bond donors (Lipinski definition) is 1. The summed E-state index contributed by atoms with van der Waals surface area (Å²) in [7, 11) is 0. The van der Waals surface area contributed by atoms with E-state index < -0.39 is 11.0 Å². The van der Waals surface area contributed by atoms with Gasteiger partial charge in [0.15, 0.2) is 22.8 Å². The van der Waals surface area contributed by atoms with Crippen LogP contribution in [-0.4, -0.2) is 42.9 Å². The van der Waals surface area contributed by atoms with Crippen LogP contribution < -0.4 is 5.32 Å². The number of non-ortho nitro benzene ring substituents is 1. The zero-order chi connectivity index (χ0) is 20.7. The number of nitrogens with one attached hydrogen (secondary N) is 1. The molecule has 154 valence electrons. The number of Topliss-reactive ketones (excluding diaryl/α,β-unsaturated/α-hetero) is 1. The molecule has 0 spiro atoms. The van der Waals surface area contributed by atoms with E-state index in [0.717, 1.165) is 6.54 Å². The first kappa shape index (κ1) is 18.6. The summed E-state index contributed by atoms with van der Waals surface area (Å²) in [6, 6.07) is 5.59. The van der Waals surface area contributed by atoms with E-state index >= 15 is 0 Å². The molecule has 1 saturated heterocycles. The Balaban J connectivity index is 1.31. The molecule has 0 amide bonds. The number of fused-ring (bicyclic) bond motifs is 1. The molecule has 0 bridgehead atoms. The van der Waals surface area contributed by atoms with Crippen LogP contribution in [0.1, 0.15) is 42.3 Å². The van der Waals surface area contributed by atoms with Crippen molar-refractivity contribution in [2.24, 2.45) is 5.92 Å². The van der Waals surface area contributed by atoms with E-state index in [9.17, 15) is 14.9 Å². The maximum absolute atomic E-state index is 12.8. The Labute approximate surface area is 171 Å². The normalized spacial score (nSPS) is 21.1. The third-order valence-corrected chi connectivity index (χ3v) is 5.58. The third-order valence-electron chi connectivity index (χ3n) is 5.58. The molecule has 1 aliphatic carbocycles. The third kappa shape index (κ3) is 3.50. The molecule has 10 nitrogen and oxygen atoms in total. The number of ketones is 1. The molecule has 3 aromatic rings. The standard InChI is InChI=1S/C20H20N6O4/c27-18(13-3-5-14(6-4-13)26(28)29)15-7-8-16(30-15)25-11-24-17-19(21-9-12-1-2-12)22-10-23-20(17)25/h3-6,10-12,15-16H,1-2,7-9H2,(H,21,22,23)/t15-,16+/m0/s1. The van der Waals surface area contributed by atoms with E-state index in [1.807, 2.05) is 4.57 Å². The van der Waals surface area contributed by atoms with E-state index in [4.69, 9.17) is 4.74 Å². The van der Waals surface area contributed by atoms with Crippen molar-refractivity contribution < 1.29 is 14.5 Å². The van der Waals surface area contributed by atoms with E-state index in [1.165, 1.54) is 43.4 Å². The van der Waals surface area contributed by atoms with Crippen LogP contribution in [0.3, 0.4) is 0 Å². The van der Waals surface area contributed by atoms with Gasteiger partial charge in [0.1, 0.15) is 18.7 Å². The minimum Gasteiger partial charge on any atom is -0.368 e. The highest BCUT2D eigenvalue weighted by atomic mass is 16.6. The Morgan fingerprint density at radius 3 is 2.70 bits per heavy atom. The second-order valence-electron chi connectivity index (χ2n) is 7.70. The maximum Gasteiger partial charge on any atom is 0.269 e. The zero-order valence-electron chi connectivity index (χ0n) is 16.1. The summed E-state index contributed by atoms with van der Waals surface area (Å²) in [4.78, 5) is 36.2. The Bertz CT molecular complexity index is 1110.